The van der Waals surface area contributed by atoms with Gasteiger partial charge in [-0.25, -0.2) is 4.39 Å². The summed E-state index contributed by atoms with van der Waals surface area (Å²) in [5.74, 6) is 0.532. The Bertz CT molecular complexity index is 1080. The van der Waals surface area contributed by atoms with Crippen molar-refractivity contribution in [1.82, 2.24) is 19.7 Å². The van der Waals surface area contributed by atoms with Gasteiger partial charge in [0.1, 0.15) is 5.82 Å². The molecule has 1 aliphatic heterocycles. The quantitative estimate of drug-likeness (QED) is 0.325. The van der Waals surface area contributed by atoms with Gasteiger partial charge < -0.3 is 14.2 Å². The Morgan fingerprint density at radius 2 is 1.82 bits per heavy atom. The predicted molar refractivity (Wildman–Crippen MR) is 132 cm³/mol. The number of morpholine rings is 1. The number of anilines is 1. The highest BCUT2D eigenvalue weighted by atomic mass is 32.2. The molecule has 3 aromatic rings. The number of para-hydroxylation sites is 1. The van der Waals surface area contributed by atoms with Crippen LogP contribution in [0.2, 0.25) is 0 Å². The number of halogens is 1. The third-order valence-corrected chi connectivity index (χ3v) is 6.52. The average molecular weight is 482 g/mol. The third-order valence-electron chi connectivity index (χ3n) is 5.57. The maximum absolute atomic E-state index is 13.5. The number of carbonyl (C=O) groups is 1. The summed E-state index contributed by atoms with van der Waals surface area (Å²) in [7, 11) is 0. The van der Waals surface area contributed by atoms with Crippen LogP contribution >= 0.6 is 11.8 Å². The zero-order valence-electron chi connectivity index (χ0n) is 19.0. The molecule has 34 heavy (non-hydrogen) atoms. The van der Waals surface area contributed by atoms with Gasteiger partial charge in [0.25, 0.3) is 0 Å². The van der Waals surface area contributed by atoms with E-state index in [1.165, 1.54) is 23.9 Å². The lowest BCUT2D eigenvalue weighted by atomic mass is 10.2. The van der Waals surface area contributed by atoms with Gasteiger partial charge in [-0.1, -0.05) is 36.0 Å². The van der Waals surface area contributed by atoms with E-state index >= 15 is 0 Å². The van der Waals surface area contributed by atoms with Crippen molar-refractivity contribution in [2.24, 2.45) is 0 Å². The molecular weight excluding hydrogens is 453 g/mol. The molecular formula is C25H28FN5O2S. The summed E-state index contributed by atoms with van der Waals surface area (Å²) in [6.45, 7) is 8.88. The van der Waals surface area contributed by atoms with Crippen molar-refractivity contribution in [3.8, 4) is 11.4 Å². The molecule has 0 unspecified atom stereocenters. The van der Waals surface area contributed by atoms with Gasteiger partial charge in [0.15, 0.2) is 11.0 Å². The minimum atomic E-state index is -0.299. The summed E-state index contributed by atoms with van der Waals surface area (Å²) < 4.78 is 20.9. The molecule has 0 saturated carbocycles. The fourth-order valence-electron chi connectivity index (χ4n) is 3.77. The number of rotatable bonds is 10. The lowest BCUT2D eigenvalue weighted by Crippen LogP contribution is -2.38. The Balaban J connectivity index is 1.52. The van der Waals surface area contributed by atoms with Crippen molar-refractivity contribution in [2.45, 2.75) is 11.7 Å². The van der Waals surface area contributed by atoms with Gasteiger partial charge in [-0.15, -0.1) is 16.8 Å². The van der Waals surface area contributed by atoms with Crippen molar-refractivity contribution < 1.29 is 13.9 Å². The van der Waals surface area contributed by atoms with E-state index in [-0.39, 0.29) is 17.5 Å². The van der Waals surface area contributed by atoms with Gasteiger partial charge in [0.2, 0.25) is 5.91 Å². The normalized spacial score (nSPS) is 14.1. The molecule has 0 N–H and O–H groups in total. The first-order valence-corrected chi connectivity index (χ1v) is 12.2. The minimum Gasteiger partial charge on any atom is -0.379 e. The topological polar surface area (TPSA) is 63.5 Å². The summed E-state index contributed by atoms with van der Waals surface area (Å²) in [5, 5.41) is 9.42. The van der Waals surface area contributed by atoms with Crippen LogP contribution in [0, 0.1) is 5.82 Å². The fraction of sp³-hybridized carbons (Fsp3) is 0.320. The number of nitrogens with zero attached hydrogens (tertiary/aromatic N) is 5. The van der Waals surface area contributed by atoms with Crippen LogP contribution in [0.1, 0.15) is 0 Å². The number of thioether (sulfide) groups is 1. The molecule has 2 aromatic carbocycles. The Hall–Kier alpha value is -3.01. The van der Waals surface area contributed by atoms with Crippen LogP contribution in [0.25, 0.3) is 11.4 Å². The summed E-state index contributed by atoms with van der Waals surface area (Å²) in [6, 6.07) is 15.8. The van der Waals surface area contributed by atoms with Crippen molar-refractivity contribution in [1.29, 1.82) is 0 Å². The molecule has 1 aromatic heterocycles. The van der Waals surface area contributed by atoms with E-state index in [0.29, 0.717) is 24.1 Å². The summed E-state index contributed by atoms with van der Waals surface area (Å²) in [6.07, 6.45) is 1.72. The van der Waals surface area contributed by atoms with Crippen molar-refractivity contribution in [2.75, 3.05) is 50.0 Å². The van der Waals surface area contributed by atoms with Gasteiger partial charge in [-0.2, -0.15) is 0 Å². The lowest BCUT2D eigenvalue weighted by molar-refractivity contribution is -0.116. The second-order valence-corrected chi connectivity index (χ2v) is 8.78. The first-order valence-electron chi connectivity index (χ1n) is 11.2. The van der Waals surface area contributed by atoms with Gasteiger partial charge in [-0.05, 0) is 36.4 Å². The number of hydrogen-bond donors (Lipinski definition) is 0. The van der Waals surface area contributed by atoms with Crippen molar-refractivity contribution in [3.05, 3.63) is 73.1 Å². The van der Waals surface area contributed by atoms with Crippen LogP contribution < -0.4 is 4.90 Å². The zero-order chi connectivity index (χ0) is 23.8. The molecule has 2 heterocycles. The minimum absolute atomic E-state index is 0.0397. The maximum Gasteiger partial charge on any atom is 0.237 e. The second kappa shape index (κ2) is 11.9. The number of aromatic nitrogens is 3. The second-order valence-electron chi connectivity index (χ2n) is 7.84. The molecule has 0 aliphatic carbocycles. The molecule has 178 valence electrons. The molecule has 1 aliphatic rings. The van der Waals surface area contributed by atoms with Gasteiger partial charge in [0.05, 0.1) is 19.0 Å². The molecule has 0 spiro atoms. The fourth-order valence-corrected chi connectivity index (χ4v) is 4.61. The third kappa shape index (κ3) is 6.11. The summed E-state index contributed by atoms with van der Waals surface area (Å²) >= 11 is 1.36. The van der Waals surface area contributed by atoms with Crippen LogP contribution in [-0.4, -0.2) is 70.7 Å². The molecule has 1 fully saturated rings. The van der Waals surface area contributed by atoms with Gasteiger partial charge in [-0.3, -0.25) is 9.69 Å². The molecule has 0 bridgehead atoms. The summed E-state index contributed by atoms with van der Waals surface area (Å²) in [5.41, 5.74) is 1.61. The van der Waals surface area contributed by atoms with E-state index in [9.17, 15) is 9.18 Å². The molecule has 7 nitrogen and oxygen atoms in total. The first kappa shape index (κ1) is 24.1. The van der Waals surface area contributed by atoms with E-state index in [1.54, 1.807) is 23.1 Å². The Kier molecular flexibility index (Phi) is 8.46. The highest BCUT2D eigenvalue weighted by Gasteiger charge is 2.20. The van der Waals surface area contributed by atoms with Crippen LogP contribution in [0.15, 0.2) is 72.4 Å². The largest absolute Gasteiger partial charge is 0.379 e. The first-order chi connectivity index (χ1) is 16.7. The number of benzene rings is 2. The molecule has 0 radical (unpaired) electrons. The molecule has 0 atom stereocenters. The van der Waals surface area contributed by atoms with E-state index in [2.05, 4.69) is 21.7 Å². The molecule has 1 saturated heterocycles. The van der Waals surface area contributed by atoms with Crippen molar-refractivity contribution >= 4 is 23.4 Å². The predicted octanol–water partition coefficient (Wildman–Crippen LogP) is 3.73. The highest BCUT2D eigenvalue weighted by molar-refractivity contribution is 7.99. The van der Waals surface area contributed by atoms with Crippen LogP contribution in [0.3, 0.4) is 0 Å². The molecule has 1 amide bonds. The van der Waals surface area contributed by atoms with Gasteiger partial charge in [0, 0.05) is 44.0 Å². The van der Waals surface area contributed by atoms with Gasteiger partial charge >= 0.3 is 0 Å². The van der Waals surface area contributed by atoms with E-state index < -0.39 is 0 Å². The average Bonchev–Trinajstić information content (AvgIpc) is 3.29. The Labute approximate surface area is 203 Å². The zero-order valence-corrected chi connectivity index (χ0v) is 19.8. The number of amides is 1. The van der Waals surface area contributed by atoms with Crippen LogP contribution in [0.4, 0.5) is 10.1 Å². The number of hydrogen-bond acceptors (Lipinski definition) is 6. The highest BCUT2D eigenvalue weighted by Crippen LogP contribution is 2.25. The standard InChI is InChI=1S/C25H28FN5O2S/c1-2-12-30(22-6-4-3-5-7-22)23(32)19-34-25-28-27-24(20-8-10-21(26)11-9-20)31(25)14-13-29-15-17-33-18-16-29/h2-11H,1,12-19H2. The van der Waals surface area contributed by atoms with Crippen LogP contribution in [0.5, 0.6) is 0 Å². The monoisotopic (exact) mass is 481 g/mol. The van der Waals surface area contributed by atoms with Crippen molar-refractivity contribution in [3.63, 3.8) is 0 Å². The lowest BCUT2D eigenvalue weighted by Gasteiger charge is -2.27. The SMILES string of the molecule is C=CCN(C(=O)CSc1nnc(-c2ccc(F)cc2)n1CCN1CCOCC1)c1ccccc1. The number of carbonyl (C=O) groups excluding carboxylic acids is 1. The summed E-state index contributed by atoms with van der Waals surface area (Å²) in [4.78, 5) is 17.1. The Morgan fingerprint density at radius 1 is 1.09 bits per heavy atom. The molecule has 4 rings (SSSR count). The van der Waals surface area contributed by atoms with E-state index in [0.717, 1.165) is 44.1 Å². The van der Waals surface area contributed by atoms with E-state index in [4.69, 9.17) is 4.74 Å². The molecule has 9 heteroatoms. The smallest absolute Gasteiger partial charge is 0.237 e. The Morgan fingerprint density at radius 3 is 2.53 bits per heavy atom. The van der Waals surface area contributed by atoms with Crippen LogP contribution in [-0.2, 0) is 16.1 Å². The van der Waals surface area contributed by atoms with E-state index in [1.807, 2.05) is 34.9 Å². The maximum atomic E-state index is 13.5. The number of ether oxygens (including phenoxy) is 1.